The van der Waals surface area contributed by atoms with E-state index >= 15 is 0 Å². The molecule has 0 amide bonds. The topological polar surface area (TPSA) is 12.0 Å². The Morgan fingerprint density at radius 1 is 1.05 bits per heavy atom. The average Bonchev–Trinajstić information content (AvgIpc) is 2.47. The third-order valence-corrected chi connectivity index (χ3v) is 3.94. The maximum Gasteiger partial charge on any atom is 0.143 e. The quantitative estimate of drug-likeness (QED) is 0.808. The van der Waals surface area contributed by atoms with Crippen molar-refractivity contribution in [3.05, 3.63) is 69.7 Å². The number of likely N-dealkylation sites (N-methyl/N-ethyl adjacent to an activating group) is 1. The van der Waals surface area contributed by atoms with E-state index in [2.05, 4.69) is 21.2 Å². The molecule has 0 aromatic heterocycles. The van der Waals surface area contributed by atoms with Crippen LogP contribution in [0.25, 0.3) is 0 Å². The second-order valence-corrected chi connectivity index (χ2v) is 5.56. The van der Waals surface area contributed by atoms with Gasteiger partial charge in [-0.05, 0) is 53.5 Å². The van der Waals surface area contributed by atoms with Gasteiger partial charge in [0.25, 0.3) is 0 Å². The number of hydrogen-bond donors (Lipinski definition) is 1. The van der Waals surface area contributed by atoms with Crippen molar-refractivity contribution in [2.45, 2.75) is 18.9 Å². The molecule has 0 aliphatic carbocycles. The third-order valence-electron chi connectivity index (χ3n) is 3.32. The monoisotopic (exact) mass is 339 g/mol. The zero-order valence-corrected chi connectivity index (χ0v) is 12.8. The minimum Gasteiger partial charge on any atom is -0.316 e. The first-order valence-electron chi connectivity index (χ1n) is 6.45. The van der Waals surface area contributed by atoms with E-state index in [1.54, 1.807) is 7.05 Å². The van der Waals surface area contributed by atoms with Crippen LogP contribution in [0.3, 0.4) is 0 Å². The van der Waals surface area contributed by atoms with Crippen LogP contribution in [0.2, 0.25) is 0 Å². The van der Waals surface area contributed by atoms with Crippen molar-refractivity contribution in [2.24, 2.45) is 0 Å². The molecule has 1 unspecified atom stereocenters. The molecular formula is C16H16BrF2N. The molecule has 2 rings (SSSR count). The smallest absolute Gasteiger partial charge is 0.143 e. The lowest BCUT2D eigenvalue weighted by Crippen LogP contribution is -2.30. The number of rotatable bonds is 5. The summed E-state index contributed by atoms with van der Waals surface area (Å²) in [6.45, 7) is 0. The van der Waals surface area contributed by atoms with Crippen LogP contribution in [-0.4, -0.2) is 13.1 Å². The molecule has 106 valence electrons. The zero-order valence-electron chi connectivity index (χ0n) is 11.2. The van der Waals surface area contributed by atoms with E-state index < -0.39 is 11.6 Å². The van der Waals surface area contributed by atoms with Crippen LogP contribution in [0.4, 0.5) is 8.78 Å². The fraction of sp³-hybridized carbons (Fsp3) is 0.250. The van der Waals surface area contributed by atoms with Gasteiger partial charge >= 0.3 is 0 Å². The molecule has 0 aliphatic rings. The molecule has 1 nitrogen and oxygen atoms in total. The molecule has 0 spiro atoms. The molecule has 1 atom stereocenters. The number of benzene rings is 2. The summed E-state index contributed by atoms with van der Waals surface area (Å²) in [6.07, 6.45) is 1.03. The van der Waals surface area contributed by atoms with Gasteiger partial charge in [-0.1, -0.05) is 30.3 Å². The summed E-state index contributed by atoms with van der Waals surface area (Å²) in [7, 11) is 1.81. The van der Waals surface area contributed by atoms with Crippen LogP contribution in [0.1, 0.15) is 11.1 Å². The Kier molecular flexibility index (Phi) is 5.26. The van der Waals surface area contributed by atoms with Gasteiger partial charge in [-0.25, -0.2) is 8.78 Å². The van der Waals surface area contributed by atoms with E-state index in [0.717, 1.165) is 12.0 Å². The lowest BCUT2D eigenvalue weighted by Gasteiger charge is -2.17. The standard InChI is InChI=1S/C16H16BrF2N/c1-20-12(9-11-5-3-2-4-6-11)10-13-15(18)8-7-14(17)16(13)19/h2-8,12,20H,9-10H2,1H3. The highest BCUT2D eigenvalue weighted by Crippen LogP contribution is 2.23. The Balaban J connectivity index is 2.17. The summed E-state index contributed by atoms with van der Waals surface area (Å²) in [5.41, 5.74) is 1.26. The first-order chi connectivity index (χ1) is 9.61. The molecule has 0 saturated heterocycles. The van der Waals surface area contributed by atoms with Crippen molar-refractivity contribution in [1.29, 1.82) is 0 Å². The predicted octanol–water partition coefficient (Wildman–Crippen LogP) is 4.10. The van der Waals surface area contributed by atoms with Crippen molar-refractivity contribution in [1.82, 2.24) is 5.32 Å². The summed E-state index contributed by atoms with van der Waals surface area (Å²) in [5.74, 6) is -1.02. The van der Waals surface area contributed by atoms with Crippen LogP contribution in [0.5, 0.6) is 0 Å². The summed E-state index contributed by atoms with van der Waals surface area (Å²) in [6, 6.07) is 12.6. The van der Waals surface area contributed by atoms with Crippen LogP contribution in [0, 0.1) is 11.6 Å². The minimum atomic E-state index is -0.515. The molecule has 0 saturated carbocycles. The summed E-state index contributed by atoms with van der Waals surface area (Å²) in [5, 5.41) is 3.12. The largest absolute Gasteiger partial charge is 0.316 e. The molecular weight excluding hydrogens is 324 g/mol. The second kappa shape index (κ2) is 6.95. The van der Waals surface area contributed by atoms with Crippen molar-refractivity contribution in [3.8, 4) is 0 Å². The van der Waals surface area contributed by atoms with E-state index in [1.165, 1.54) is 12.1 Å². The predicted molar refractivity (Wildman–Crippen MR) is 80.8 cm³/mol. The summed E-state index contributed by atoms with van der Waals surface area (Å²) < 4.78 is 28.1. The van der Waals surface area contributed by atoms with Gasteiger partial charge in [0.15, 0.2) is 0 Å². The van der Waals surface area contributed by atoms with Gasteiger partial charge in [0.05, 0.1) is 4.47 Å². The maximum atomic E-state index is 14.0. The van der Waals surface area contributed by atoms with E-state index in [4.69, 9.17) is 0 Å². The maximum absolute atomic E-state index is 14.0. The molecule has 0 aliphatic heterocycles. The summed E-state index contributed by atoms with van der Waals surface area (Å²) >= 11 is 3.10. The number of nitrogens with one attached hydrogen (secondary N) is 1. The number of hydrogen-bond acceptors (Lipinski definition) is 1. The van der Waals surface area contributed by atoms with E-state index in [9.17, 15) is 8.78 Å². The molecule has 0 bridgehead atoms. The normalized spacial score (nSPS) is 12.4. The zero-order chi connectivity index (χ0) is 14.5. The van der Waals surface area contributed by atoms with Crippen molar-refractivity contribution in [2.75, 3.05) is 7.05 Å². The molecule has 0 radical (unpaired) electrons. The minimum absolute atomic E-state index is 0.0179. The molecule has 2 aromatic rings. The van der Waals surface area contributed by atoms with E-state index in [1.807, 2.05) is 30.3 Å². The SMILES string of the molecule is CNC(Cc1ccccc1)Cc1c(F)ccc(Br)c1F. The third kappa shape index (κ3) is 3.64. The van der Waals surface area contributed by atoms with E-state index in [0.29, 0.717) is 10.9 Å². The van der Waals surface area contributed by atoms with Gasteiger partial charge in [-0.2, -0.15) is 0 Å². The first kappa shape index (κ1) is 15.1. The van der Waals surface area contributed by atoms with Gasteiger partial charge < -0.3 is 5.32 Å². The van der Waals surface area contributed by atoms with Crippen molar-refractivity contribution >= 4 is 15.9 Å². The van der Waals surface area contributed by atoms with Crippen molar-refractivity contribution < 1.29 is 8.78 Å². The molecule has 0 fully saturated rings. The van der Waals surface area contributed by atoms with Crippen LogP contribution < -0.4 is 5.32 Å². The highest BCUT2D eigenvalue weighted by atomic mass is 79.9. The molecule has 2 aromatic carbocycles. The fourth-order valence-corrected chi connectivity index (χ4v) is 2.55. The second-order valence-electron chi connectivity index (χ2n) is 4.70. The lowest BCUT2D eigenvalue weighted by molar-refractivity contribution is 0.500. The van der Waals surface area contributed by atoms with Crippen LogP contribution >= 0.6 is 15.9 Å². The first-order valence-corrected chi connectivity index (χ1v) is 7.24. The highest BCUT2D eigenvalue weighted by molar-refractivity contribution is 9.10. The molecule has 1 N–H and O–H groups in total. The van der Waals surface area contributed by atoms with Crippen LogP contribution in [-0.2, 0) is 12.8 Å². The Bertz CT molecular complexity index is 572. The average molecular weight is 340 g/mol. The van der Waals surface area contributed by atoms with E-state index in [-0.39, 0.29) is 11.6 Å². The van der Waals surface area contributed by atoms with Gasteiger partial charge in [-0.15, -0.1) is 0 Å². The number of halogens is 3. The van der Waals surface area contributed by atoms with Gasteiger partial charge in [-0.3, -0.25) is 0 Å². The molecule has 4 heteroatoms. The Labute approximate surface area is 126 Å². The van der Waals surface area contributed by atoms with Gasteiger partial charge in [0.2, 0.25) is 0 Å². The fourth-order valence-electron chi connectivity index (χ4n) is 2.18. The molecule has 20 heavy (non-hydrogen) atoms. The van der Waals surface area contributed by atoms with Gasteiger partial charge in [0, 0.05) is 11.6 Å². The van der Waals surface area contributed by atoms with Crippen molar-refractivity contribution in [3.63, 3.8) is 0 Å². The Morgan fingerprint density at radius 3 is 2.40 bits per heavy atom. The van der Waals surface area contributed by atoms with Crippen LogP contribution in [0.15, 0.2) is 46.9 Å². The highest BCUT2D eigenvalue weighted by Gasteiger charge is 2.17. The Morgan fingerprint density at radius 2 is 1.75 bits per heavy atom. The molecule has 0 heterocycles. The lowest BCUT2D eigenvalue weighted by atomic mass is 9.98. The Hall–Kier alpha value is -1.26. The van der Waals surface area contributed by atoms with Gasteiger partial charge in [0.1, 0.15) is 11.6 Å². The summed E-state index contributed by atoms with van der Waals surface area (Å²) in [4.78, 5) is 0.